The van der Waals surface area contributed by atoms with Gasteiger partial charge >= 0.3 is 5.97 Å². The number of rotatable bonds is 11. The van der Waals surface area contributed by atoms with Crippen molar-refractivity contribution in [2.45, 2.75) is 52.0 Å². The first-order valence-corrected chi connectivity index (χ1v) is 11.6. The summed E-state index contributed by atoms with van der Waals surface area (Å²) in [7, 11) is 0. The van der Waals surface area contributed by atoms with Crippen molar-refractivity contribution in [2.24, 2.45) is 0 Å². The molecule has 0 bridgehead atoms. The molecule has 158 valence electrons. The summed E-state index contributed by atoms with van der Waals surface area (Å²) in [6.07, 6.45) is 9.43. The van der Waals surface area contributed by atoms with Crippen LogP contribution in [0.4, 0.5) is 0 Å². The largest absolute Gasteiger partial charge is 0.478 e. The summed E-state index contributed by atoms with van der Waals surface area (Å²) in [4.78, 5) is 17.6. The van der Waals surface area contributed by atoms with E-state index >= 15 is 0 Å². The quantitative estimate of drug-likeness (QED) is 0.273. The zero-order chi connectivity index (χ0) is 21.3. The number of nitrogens with zero attached hydrogens (tertiary/aromatic N) is 2. The van der Waals surface area contributed by atoms with Gasteiger partial charge in [0.15, 0.2) is 0 Å². The van der Waals surface area contributed by atoms with Gasteiger partial charge in [-0.3, -0.25) is 0 Å². The zero-order valence-corrected chi connectivity index (χ0v) is 18.8. The van der Waals surface area contributed by atoms with Gasteiger partial charge in [-0.1, -0.05) is 62.1 Å². The lowest BCUT2D eigenvalue weighted by Crippen LogP contribution is -2.09. The molecule has 0 radical (unpaired) electrons. The van der Waals surface area contributed by atoms with Gasteiger partial charge in [0.2, 0.25) is 0 Å². The molecule has 0 saturated carbocycles. The number of hydrogen-bond acceptors (Lipinski definition) is 3. The Morgan fingerprint density at radius 1 is 1.20 bits per heavy atom. The summed E-state index contributed by atoms with van der Waals surface area (Å²) < 4.78 is 2.10. The average Bonchev–Trinajstić information content (AvgIpc) is 3.37. The second kappa shape index (κ2) is 11.1. The van der Waals surface area contributed by atoms with Gasteiger partial charge in [0.1, 0.15) is 5.82 Å². The fraction of sp³-hybridized carbons (Fsp3) is 0.333. The number of aliphatic carboxylic acids is 1. The fourth-order valence-corrected chi connectivity index (χ4v) is 4.32. The van der Waals surface area contributed by atoms with E-state index in [-0.39, 0.29) is 0 Å². The summed E-state index contributed by atoms with van der Waals surface area (Å²) in [6.45, 7) is 2.77. The predicted molar refractivity (Wildman–Crippen MR) is 124 cm³/mol. The maximum Gasteiger partial charge on any atom is 0.332 e. The van der Waals surface area contributed by atoms with Gasteiger partial charge < -0.3 is 9.67 Å². The number of thiophene rings is 1. The van der Waals surface area contributed by atoms with Gasteiger partial charge in [-0.05, 0) is 35.6 Å². The second-order valence-corrected chi connectivity index (χ2v) is 8.76. The van der Waals surface area contributed by atoms with Crippen LogP contribution in [0.25, 0.3) is 6.08 Å². The van der Waals surface area contributed by atoms with E-state index in [0.717, 1.165) is 34.8 Å². The fourth-order valence-electron chi connectivity index (χ4n) is 3.40. The van der Waals surface area contributed by atoms with Crippen LogP contribution in [-0.4, -0.2) is 20.6 Å². The minimum atomic E-state index is -0.904. The molecule has 0 amide bonds. The number of halogens is 1. The number of carbonyl (C=O) groups is 1. The molecule has 0 unspecified atom stereocenters. The van der Waals surface area contributed by atoms with E-state index in [9.17, 15) is 9.90 Å². The highest BCUT2D eigenvalue weighted by Gasteiger charge is 2.15. The van der Waals surface area contributed by atoms with Gasteiger partial charge in [0.25, 0.3) is 0 Å². The van der Waals surface area contributed by atoms with Crippen LogP contribution >= 0.6 is 22.9 Å². The Bertz CT molecular complexity index is 993. The van der Waals surface area contributed by atoms with Crippen molar-refractivity contribution < 1.29 is 9.90 Å². The zero-order valence-electron chi connectivity index (χ0n) is 17.2. The van der Waals surface area contributed by atoms with E-state index in [1.807, 2.05) is 41.8 Å². The maximum atomic E-state index is 11.9. The Morgan fingerprint density at radius 3 is 2.73 bits per heavy atom. The Morgan fingerprint density at radius 2 is 2.03 bits per heavy atom. The number of unbranched alkanes of at least 4 members (excludes halogenated alkanes) is 3. The highest BCUT2D eigenvalue weighted by atomic mass is 35.5. The number of benzene rings is 1. The minimum Gasteiger partial charge on any atom is -0.478 e. The summed E-state index contributed by atoms with van der Waals surface area (Å²) in [5.74, 6) is 0.0662. The third-order valence-electron chi connectivity index (χ3n) is 5.05. The van der Waals surface area contributed by atoms with Gasteiger partial charge in [0, 0.05) is 28.3 Å². The lowest BCUT2D eigenvalue weighted by atomic mass is 10.1. The molecule has 0 aliphatic heterocycles. The Hall–Kier alpha value is -2.37. The third kappa shape index (κ3) is 6.07. The Balaban J connectivity index is 1.92. The normalized spacial score (nSPS) is 11.7. The van der Waals surface area contributed by atoms with E-state index in [1.165, 1.54) is 19.3 Å². The van der Waals surface area contributed by atoms with Crippen molar-refractivity contribution >= 4 is 35.0 Å². The van der Waals surface area contributed by atoms with Crippen LogP contribution in [0.2, 0.25) is 5.02 Å². The Kier molecular flexibility index (Phi) is 8.29. The number of carboxylic acid groups (broad SMARTS) is 1. The van der Waals surface area contributed by atoms with Crippen LogP contribution in [0.5, 0.6) is 0 Å². The van der Waals surface area contributed by atoms with Crippen molar-refractivity contribution in [3.63, 3.8) is 0 Å². The predicted octanol–water partition coefficient (Wildman–Crippen LogP) is 6.48. The SMILES string of the molecule is CCCCCCc1ncc(C=C(Cc2cccs2)C(=O)O)n1Cc1ccccc1Cl. The van der Waals surface area contributed by atoms with Gasteiger partial charge in [-0.25, -0.2) is 9.78 Å². The summed E-state index contributed by atoms with van der Waals surface area (Å²) in [5, 5.41) is 12.4. The summed E-state index contributed by atoms with van der Waals surface area (Å²) in [6, 6.07) is 11.7. The molecular formula is C24H27ClN2O2S. The van der Waals surface area contributed by atoms with Crippen LogP contribution < -0.4 is 0 Å². The molecule has 2 aromatic heterocycles. The first-order valence-electron chi connectivity index (χ1n) is 10.3. The van der Waals surface area contributed by atoms with Crippen LogP contribution in [0.3, 0.4) is 0 Å². The van der Waals surface area contributed by atoms with Crippen molar-refractivity contribution in [2.75, 3.05) is 0 Å². The number of hydrogen-bond donors (Lipinski definition) is 1. The molecule has 0 aliphatic rings. The van der Waals surface area contributed by atoms with E-state index in [2.05, 4.69) is 16.5 Å². The molecule has 3 rings (SSSR count). The van der Waals surface area contributed by atoms with Crippen LogP contribution in [0.15, 0.2) is 53.5 Å². The third-order valence-corrected chi connectivity index (χ3v) is 6.30. The lowest BCUT2D eigenvalue weighted by Gasteiger charge is -2.12. The van der Waals surface area contributed by atoms with Crippen LogP contribution in [0.1, 0.15) is 54.6 Å². The van der Waals surface area contributed by atoms with E-state index in [1.54, 1.807) is 23.6 Å². The number of carboxylic acids is 1. The number of imidazole rings is 1. The standard InChI is InChI=1S/C24H27ClN2O2S/c1-2-3-4-5-12-23-26-16-20(27(23)17-18-9-6-7-11-22(18)25)14-19(24(28)29)15-21-10-8-13-30-21/h6-11,13-14,16H,2-5,12,15,17H2,1H3,(H,28,29). The number of aryl methyl sites for hydroxylation is 1. The average molecular weight is 443 g/mol. The molecule has 2 heterocycles. The van der Waals surface area contributed by atoms with Crippen LogP contribution in [0, 0.1) is 0 Å². The van der Waals surface area contributed by atoms with Crippen molar-refractivity contribution in [1.82, 2.24) is 9.55 Å². The smallest absolute Gasteiger partial charge is 0.332 e. The Labute approximate surface area is 186 Å². The summed E-state index contributed by atoms with van der Waals surface area (Å²) in [5.41, 5.74) is 2.15. The molecule has 6 heteroatoms. The lowest BCUT2D eigenvalue weighted by molar-refractivity contribution is -0.132. The molecule has 0 fully saturated rings. The van der Waals surface area contributed by atoms with Crippen LogP contribution in [-0.2, 0) is 24.2 Å². The topological polar surface area (TPSA) is 55.1 Å². The molecule has 1 aromatic carbocycles. The number of aromatic nitrogens is 2. The highest BCUT2D eigenvalue weighted by Crippen LogP contribution is 2.22. The van der Waals surface area contributed by atoms with E-state index in [4.69, 9.17) is 11.6 Å². The highest BCUT2D eigenvalue weighted by molar-refractivity contribution is 7.09. The molecule has 30 heavy (non-hydrogen) atoms. The van der Waals surface area contributed by atoms with Gasteiger partial charge in [-0.15, -0.1) is 11.3 Å². The molecule has 3 aromatic rings. The molecule has 0 atom stereocenters. The molecule has 0 saturated heterocycles. The minimum absolute atomic E-state index is 0.357. The van der Waals surface area contributed by atoms with Crippen molar-refractivity contribution in [3.05, 3.63) is 80.5 Å². The molecule has 4 nitrogen and oxygen atoms in total. The molecule has 0 spiro atoms. The monoisotopic (exact) mass is 442 g/mol. The first kappa shape index (κ1) is 22.3. The van der Waals surface area contributed by atoms with Crippen molar-refractivity contribution in [3.8, 4) is 0 Å². The molecule has 1 N–H and O–H groups in total. The van der Waals surface area contributed by atoms with E-state index in [0.29, 0.717) is 23.6 Å². The maximum absolute atomic E-state index is 11.9. The molecular weight excluding hydrogens is 416 g/mol. The first-order chi connectivity index (χ1) is 14.6. The van der Waals surface area contributed by atoms with Crippen molar-refractivity contribution in [1.29, 1.82) is 0 Å². The van der Waals surface area contributed by atoms with Gasteiger partial charge in [0.05, 0.1) is 18.4 Å². The molecule has 0 aliphatic carbocycles. The van der Waals surface area contributed by atoms with Gasteiger partial charge in [-0.2, -0.15) is 0 Å². The summed E-state index contributed by atoms with van der Waals surface area (Å²) >= 11 is 7.97. The second-order valence-electron chi connectivity index (χ2n) is 7.32. The van der Waals surface area contributed by atoms with E-state index < -0.39 is 5.97 Å².